The van der Waals surface area contributed by atoms with Crippen LogP contribution >= 0.6 is 0 Å². The summed E-state index contributed by atoms with van der Waals surface area (Å²) in [6.45, 7) is 0.775. The number of hydrogen-bond donors (Lipinski definition) is 1. The van der Waals surface area contributed by atoms with E-state index in [1.54, 1.807) is 0 Å². The first-order chi connectivity index (χ1) is 14.3. The number of hydrogen-bond acceptors (Lipinski definition) is 3. The van der Waals surface area contributed by atoms with Crippen molar-refractivity contribution < 1.29 is 4.42 Å². The second kappa shape index (κ2) is 7.64. The van der Waals surface area contributed by atoms with Gasteiger partial charge in [-0.25, -0.2) is 4.98 Å². The highest BCUT2D eigenvalue weighted by atomic mass is 16.4. The third-order valence-corrected chi connectivity index (χ3v) is 4.95. The molecule has 1 aliphatic heterocycles. The molecule has 4 aromatic rings. The Morgan fingerprint density at radius 3 is 2.00 bits per heavy atom. The van der Waals surface area contributed by atoms with Gasteiger partial charge in [-0.15, -0.1) is 0 Å². The molecule has 1 aliphatic rings. The normalized spacial score (nSPS) is 12.7. The molecule has 3 heteroatoms. The Labute approximate surface area is 170 Å². The summed E-state index contributed by atoms with van der Waals surface area (Å²) in [4.78, 5) is 4.54. The fourth-order valence-corrected chi connectivity index (χ4v) is 3.36. The van der Waals surface area contributed by atoms with Crippen molar-refractivity contribution in [3.8, 4) is 22.6 Å². The van der Waals surface area contributed by atoms with Gasteiger partial charge in [-0.3, -0.25) is 0 Å². The summed E-state index contributed by atoms with van der Waals surface area (Å²) in [6, 6.07) is 27.3. The number of fused-ring (bicyclic) bond motifs is 1. The van der Waals surface area contributed by atoms with Crippen LogP contribution in [0.1, 0.15) is 16.8 Å². The van der Waals surface area contributed by atoms with Crippen molar-refractivity contribution in [1.82, 2.24) is 4.98 Å². The minimum Gasteiger partial charge on any atom is -0.420 e. The maximum absolute atomic E-state index is 5.82. The fraction of sp³-hybridized carbons (Fsp3) is 0.0385. The first kappa shape index (κ1) is 17.3. The van der Waals surface area contributed by atoms with Crippen LogP contribution in [0.4, 0.5) is 5.88 Å². The zero-order valence-electron chi connectivity index (χ0n) is 15.9. The number of benzene rings is 3. The molecule has 0 saturated carbocycles. The Balaban J connectivity index is 1.30. The second-order valence-corrected chi connectivity index (χ2v) is 6.96. The van der Waals surface area contributed by atoms with E-state index in [2.05, 4.69) is 83.1 Å². The van der Waals surface area contributed by atoms with Crippen LogP contribution in [0, 0.1) is 0 Å². The van der Waals surface area contributed by atoms with Crippen LogP contribution in [0.3, 0.4) is 0 Å². The third kappa shape index (κ3) is 3.76. The van der Waals surface area contributed by atoms with Crippen LogP contribution in [0.25, 0.3) is 40.8 Å². The van der Waals surface area contributed by atoms with Gasteiger partial charge in [-0.05, 0) is 40.5 Å². The molecule has 0 spiro atoms. The van der Waals surface area contributed by atoms with Crippen LogP contribution in [0.15, 0.2) is 89.4 Å². The lowest BCUT2D eigenvalue weighted by Gasteiger charge is -2.02. The summed E-state index contributed by atoms with van der Waals surface area (Å²) in [5, 5.41) is 3.19. The Hall–Kier alpha value is -3.85. The van der Waals surface area contributed by atoms with Crippen LogP contribution in [0.2, 0.25) is 0 Å². The van der Waals surface area contributed by atoms with Gasteiger partial charge >= 0.3 is 0 Å². The number of nitrogens with one attached hydrogen (secondary N) is 1. The lowest BCUT2D eigenvalue weighted by molar-refractivity contribution is 0.587. The first-order valence-corrected chi connectivity index (χ1v) is 9.70. The summed E-state index contributed by atoms with van der Waals surface area (Å²) in [5.74, 6) is 1.38. The van der Waals surface area contributed by atoms with Gasteiger partial charge in [-0.2, -0.15) is 0 Å². The van der Waals surface area contributed by atoms with Crippen LogP contribution in [0.5, 0.6) is 0 Å². The molecule has 1 aromatic heterocycles. The van der Waals surface area contributed by atoms with Crippen molar-refractivity contribution in [2.75, 3.05) is 11.9 Å². The Bertz CT molecular complexity index is 1170. The van der Waals surface area contributed by atoms with Crippen LogP contribution < -0.4 is 5.32 Å². The maximum atomic E-state index is 5.82. The van der Waals surface area contributed by atoms with Crippen molar-refractivity contribution >= 4 is 24.1 Å². The molecule has 3 aromatic carbocycles. The molecular formula is C26H20N2O. The van der Waals surface area contributed by atoms with E-state index < -0.39 is 0 Å². The van der Waals surface area contributed by atoms with Gasteiger partial charge in [0.1, 0.15) is 5.69 Å². The van der Waals surface area contributed by atoms with Crippen molar-refractivity contribution in [3.05, 3.63) is 102 Å². The molecule has 1 N–H and O–H groups in total. The van der Waals surface area contributed by atoms with Gasteiger partial charge in [0.15, 0.2) is 0 Å². The lowest BCUT2D eigenvalue weighted by atomic mass is 10.0. The van der Waals surface area contributed by atoms with Crippen LogP contribution in [-0.2, 0) is 0 Å². The van der Waals surface area contributed by atoms with E-state index in [4.69, 9.17) is 4.42 Å². The van der Waals surface area contributed by atoms with E-state index in [1.165, 1.54) is 16.7 Å². The monoisotopic (exact) mass is 376 g/mol. The Morgan fingerprint density at radius 2 is 1.34 bits per heavy atom. The SMILES string of the molecule is C1=Cc2nc(-c3ccc(C=Cc4ccc(-c5ccccc5)cc4)cc3)oc2NC1. The molecule has 5 rings (SSSR count). The second-order valence-electron chi connectivity index (χ2n) is 6.96. The van der Waals surface area contributed by atoms with E-state index in [1.807, 2.05) is 30.4 Å². The zero-order valence-corrected chi connectivity index (χ0v) is 15.9. The van der Waals surface area contributed by atoms with E-state index in [9.17, 15) is 0 Å². The van der Waals surface area contributed by atoms with Gasteiger partial charge in [0.05, 0.1) is 0 Å². The van der Waals surface area contributed by atoms with Gasteiger partial charge < -0.3 is 9.73 Å². The molecule has 3 nitrogen and oxygen atoms in total. The number of oxazole rings is 1. The molecule has 2 heterocycles. The molecule has 0 saturated heterocycles. The van der Waals surface area contributed by atoms with Gasteiger partial charge in [0, 0.05) is 12.1 Å². The van der Waals surface area contributed by atoms with Gasteiger partial charge in [0.25, 0.3) is 0 Å². The van der Waals surface area contributed by atoms with E-state index >= 15 is 0 Å². The van der Waals surface area contributed by atoms with Gasteiger partial charge in [0.2, 0.25) is 11.8 Å². The highest BCUT2D eigenvalue weighted by Crippen LogP contribution is 2.28. The summed E-state index contributed by atoms with van der Waals surface area (Å²) < 4.78 is 5.82. The van der Waals surface area contributed by atoms with E-state index in [0.29, 0.717) is 5.89 Å². The van der Waals surface area contributed by atoms with Crippen molar-refractivity contribution in [2.45, 2.75) is 0 Å². The molecule has 0 fully saturated rings. The molecule has 0 aliphatic carbocycles. The van der Waals surface area contributed by atoms with Crippen molar-refractivity contribution in [3.63, 3.8) is 0 Å². The molecular weight excluding hydrogens is 356 g/mol. The molecule has 140 valence electrons. The van der Waals surface area contributed by atoms with E-state index in [-0.39, 0.29) is 0 Å². The highest BCUT2D eigenvalue weighted by Gasteiger charge is 2.14. The highest BCUT2D eigenvalue weighted by molar-refractivity contribution is 5.73. The first-order valence-electron chi connectivity index (χ1n) is 9.70. The number of rotatable bonds is 4. The number of aromatic nitrogens is 1. The van der Waals surface area contributed by atoms with Crippen LogP contribution in [-0.4, -0.2) is 11.5 Å². The fourth-order valence-electron chi connectivity index (χ4n) is 3.36. The summed E-state index contributed by atoms with van der Waals surface area (Å²) >= 11 is 0. The molecule has 0 atom stereocenters. The Morgan fingerprint density at radius 1 is 0.724 bits per heavy atom. The summed E-state index contributed by atoms with van der Waals surface area (Å²) in [7, 11) is 0. The standard InChI is InChI=1S/C26H20N2O/c1-2-5-21(6-3-1)22-14-10-19(11-15-22)8-9-20-12-16-23(17-13-20)25-28-24-7-4-18-27-26(24)29-25/h1-17,27H,18H2. The number of nitrogens with zero attached hydrogens (tertiary/aromatic N) is 1. The largest absolute Gasteiger partial charge is 0.420 e. The van der Waals surface area contributed by atoms with E-state index in [0.717, 1.165) is 29.2 Å². The quantitative estimate of drug-likeness (QED) is 0.407. The molecule has 0 radical (unpaired) electrons. The lowest BCUT2D eigenvalue weighted by Crippen LogP contribution is -2.01. The average Bonchev–Trinajstić information content (AvgIpc) is 3.23. The third-order valence-electron chi connectivity index (χ3n) is 4.95. The Kier molecular flexibility index (Phi) is 4.55. The minimum absolute atomic E-state index is 0.640. The predicted molar refractivity (Wildman–Crippen MR) is 120 cm³/mol. The topological polar surface area (TPSA) is 38.1 Å². The van der Waals surface area contributed by atoms with Crippen molar-refractivity contribution in [1.29, 1.82) is 0 Å². The molecule has 29 heavy (non-hydrogen) atoms. The molecule has 0 amide bonds. The smallest absolute Gasteiger partial charge is 0.229 e. The predicted octanol–water partition coefficient (Wildman–Crippen LogP) is 6.62. The molecule has 0 unspecified atom stereocenters. The zero-order chi connectivity index (χ0) is 19.5. The average molecular weight is 376 g/mol. The molecule has 0 bridgehead atoms. The summed E-state index contributed by atoms with van der Waals surface area (Å²) in [6.07, 6.45) is 8.27. The van der Waals surface area contributed by atoms with Gasteiger partial charge in [-0.1, -0.05) is 85.0 Å². The summed E-state index contributed by atoms with van der Waals surface area (Å²) in [5.41, 5.74) is 6.60. The number of anilines is 1. The van der Waals surface area contributed by atoms with Crippen molar-refractivity contribution in [2.24, 2.45) is 0 Å². The maximum Gasteiger partial charge on any atom is 0.229 e. The minimum atomic E-state index is 0.640.